The van der Waals surface area contributed by atoms with Gasteiger partial charge in [0.2, 0.25) is 0 Å². The number of nitrogens with zero attached hydrogens (tertiary/aromatic N) is 1. The topological polar surface area (TPSA) is 111 Å². The minimum atomic E-state index is -0.992. The molecule has 1 rings (SSSR count). The fraction of sp³-hybridized carbons (Fsp3) is 0.308. The molecule has 0 saturated heterocycles. The van der Waals surface area contributed by atoms with Crippen molar-refractivity contribution in [1.29, 1.82) is 5.26 Å². The second-order valence-electron chi connectivity index (χ2n) is 4.12. The van der Waals surface area contributed by atoms with Crippen LogP contribution in [0.15, 0.2) is 18.2 Å². The summed E-state index contributed by atoms with van der Waals surface area (Å²) >= 11 is 0. The fourth-order valence-corrected chi connectivity index (χ4v) is 1.56. The molecular weight excluding hydrogens is 262 g/mol. The molecule has 2 amide bonds. The Morgan fingerprint density at radius 3 is 2.75 bits per heavy atom. The van der Waals surface area contributed by atoms with Crippen LogP contribution in [0.3, 0.4) is 0 Å². The van der Waals surface area contributed by atoms with Crippen LogP contribution < -0.4 is 15.4 Å². The van der Waals surface area contributed by atoms with Crippen molar-refractivity contribution >= 4 is 17.7 Å². The molecule has 7 nitrogen and oxygen atoms in total. The quantitative estimate of drug-likeness (QED) is 0.756. The number of hydrogen-bond acceptors (Lipinski definition) is 4. The van der Waals surface area contributed by atoms with Gasteiger partial charge in [-0.05, 0) is 19.1 Å². The molecule has 0 aliphatic carbocycles. The van der Waals surface area contributed by atoms with Crippen molar-refractivity contribution in [2.24, 2.45) is 0 Å². The van der Waals surface area contributed by atoms with Crippen LogP contribution >= 0.6 is 0 Å². The lowest BCUT2D eigenvalue weighted by molar-refractivity contribution is -0.137. The third-order valence-electron chi connectivity index (χ3n) is 2.44. The van der Waals surface area contributed by atoms with E-state index in [1.54, 1.807) is 19.1 Å². The molecule has 1 atom stereocenters. The van der Waals surface area contributed by atoms with Crippen LogP contribution in [0.25, 0.3) is 0 Å². The molecule has 0 aromatic heterocycles. The van der Waals surface area contributed by atoms with Crippen LogP contribution in [0.4, 0.5) is 10.5 Å². The number of nitrogens with one attached hydrogen (secondary N) is 2. The van der Waals surface area contributed by atoms with Gasteiger partial charge in [-0.2, -0.15) is 5.26 Å². The van der Waals surface area contributed by atoms with E-state index >= 15 is 0 Å². The van der Waals surface area contributed by atoms with Crippen molar-refractivity contribution in [1.82, 2.24) is 5.32 Å². The van der Waals surface area contributed by atoms with Crippen LogP contribution in [-0.2, 0) is 4.79 Å². The maximum Gasteiger partial charge on any atom is 0.319 e. The van der Waals surface area contributed by atoms with Gasteiger partial charge in [-0.15, -0.1) is 0 Å². The lowest BCUT2D eigenvalue weighted by atomic mass is 10.2. The van der Waals surface area contributed by atoms with Crippen LogP contribution in [0.2, 0.25) is 0 Å². The van der Waals surface area contributed by atoms with Gasteiger partial charge >= 0.3 is 12.0 Å². The third kappa shape index (κ3) is 4.49. The summed E-state index contributed by atoms with van der Waals surface area (Å²) in [7, 11) is 1.42. The van der Waals surface area contributed by atoms with Crippen molar-refractivity contribution in [3.8, 4) is 11.8 Å². The summed E-state index contributed by atoms with van der Waals surface area (Å²) < 4.78 is 5.07. The highest BCUT2D eigenvalue weighted by Crippen LogP contribution is 2.25. The molecule has 0 saturated carbocycles. The summed E-state index contributed by atoms with van der Waals surface area (Å²) in [4.78, 5) is 22.2. The molecule has 7 heteroatoms. The van der Waals surface area contributed by atoms with Crippen molar-refractivity contribution in [3.05, 3.63) is 23.8 Å². The monoisotopic (exact) mass is 277 g/mol. The average molecular weight is 277 g/mol. The number of carbonyl (C=O) groups excluding carboxylic acids is 1. The number of carbonyl (C=O) groups is 2. The first-order chi connectivity index (χ1) is 9.46. The molecular formula is C13H15N3O4. The summed E-state index contributed by atoms with van der Waals surface area (Å²) in [6.07, 6.45) is -0.169. The predicted molar refractivity (Wildman–Crippen MR) is 71.6 cm³/mol. The number of methoxy groups -OCH3 is 1. The largest absolute Gasteiger partial charge is 0.495 e. The van der Waals surface area contributed by atoms with Gasteiger partial charge in [-0.1, -0.05) is 0 Å². The summed E-state index contributed by atoms with van der Waals surface area (Å²) in [6.45, 7) is 1.59. The third-order valence-corrected chi connectivity index (χ3v) is 2.44. The molecule has 0 aliphatic heterocycles. The molecule has 106 valence electrons. The van der Waals surface area contributed by atoms with Gasteiger partial charge in [0.05, 0.1) is 30.9 Å². The minimum absolute atomic E-state index is 0.169. The summed E-state index contributed by atoms with van der Waals surface area (Å²) in [5, 5.41) is 22.4. The van der Waals surface area contributed by atoms with Gasteiger partial charge in [0.1, 0.15) is 5.75 Å². The number of carboxylic acid groups (broad SMARTS) is 1. The maximum absolute atomic E-state index is 11.7. The molecule has 0 fully saturated rings. The lowest BCUT2D eigenvalue weighted by Crippen LogP contribution is -2.37. The first kappa shape index (κ1) is 15.3. The Kier molecular flexibility index (Phi) is 5.35. The predicted octanol–water partition coefficient (Wildman–Crippen LogP) is 1.55. The number of amides is 2. The molecule has 20 heavy (non-hydrogen) atoms. The Hall–Kier alpha value is -2.75. The molecule has 1 aromatic carbocycles. The van der Waals surface area contributed by atoms with Gasteiger partial charge in [-0.3, -0.25) is 4.79 Å². The van der Waals surface area contributed by atoms with E-state index in [0.29, 0.717) is 17.0 Å². The molecule has 0 spiro atoms. The van der Waals surface area contributed by atoms with E-state index < -0.39 is 18.0 Å². The Labute approximate surface area is 116 Å². The first-order valence-corrected chi connectivity index (χ1v) is 5.83. The van der Waals surface area contributed by atoms with Crippen LogP contribution in [0, 0.1) is 11.3 Å². The highest BCUT2D eigenvalue weighted by atomic mass is 16.5. The number of aliphatic carboxylic acids is 1. The standard InChI is InChI=1S/C13H15N3O4/c1-8(5-12(17)18)15-13(19)16-10-4-3-9(7-14)6-11(10)20-2/h3-4,6,8H,5H2,1-2H3,(H,17,18)(H2,15,16,19). The van der Waals surface area contributed by atoms with Crippen LogP contribution in [-0.4, -0.2) is 30.3 Å². The number of carboxylic acids is 1. The smallest absolute Gasteiger partial charge is 0.319 e. The summed E-state index contributed by atoms with van der Waals surface area (Å²) in [5.41, 5.74) is 0.804. The van der Waals surface area contributed by atoms with Gasteiger partial charge in [0.15, 0.2) is 0 Å². The van der Waals surface area contributed by atoms with E-state index in [0.717, 1.165) is 0 Å². The lowest BCUT2D eigenvalue weighted by Gasteiger charge is -2.14. The molecule has 3 N–H and O–H groups in total. The number of rotatable bonds is 5. The van der Waals surface area contributed by atoms with Gasteiger partial charge in [0, 0.05) is 12.1 Å². The summed E-state index contributed by atoms with van der Waals surface area (Å²) in [5.74, 6) is -0.640. The minimum Gasteiger partial charge on any atom is -0.495 e. The van der Waals surface area contributed by atoms with E-state index in [4.69, 9.17) is 15.1 Å². The van der Waals surface area contributed by atoms with Gasteiger partial charge in [0.25, 0.3) is 0 Å². The van der Waals surface area contributed by atoms with Crippen molar-refractivity contribution < 1.29 is 19.4 Å². The highest BCUT2D eigenvalue weighted by Gasteiger charge is 2.13. The highest BCUT2D eigenvalue weighted by molar-refractivity contribution is 5.91. The first-order valence-electron chi connectivity index (χ1n) is 5.83. The molecule has 0 heterocycles. The molecule has 1 unspecified atom stereocenters. The summed E-state index contributed by atoms with van der Waals surface area (Å²) in [6, 6.07) is 5.50. The Morgan fingerprint density at radius 2 is 2.20 bits per heavy atom. The van der Waals surface area contributed by atoms with Gasteiger partial charge in [-0.25, -0.2) is 4.79 Å². The maximum atomic E-state index is 11.7. The SMILES string of the molecule is COc1cc(C#N)ccc1NC(=O)NC(C)CC(=O)O. The Morgan fingerprint density at radius 1 is 1.50 bits per heavy atom. The van der Waals surface area contributed by atoms with E-state index in [1.165, 1.54) is 13.2 Å². The number of anilines is 1. The fourth-order valence-electron chi connectivity index (χ4n) is 1.56. The normalized spacial score (nSPS) is 11.1. The molecule has 0 radical (unpaired) electrons. The average Bonchev–Trinajstić information content (AvgIpc) is 2.37. The van der Waals surface area contributed by atoms with Crippen LogP contribution in [0.1, 0.15) is 18.9 Å². The Balaban J connectivity index is 2.71. The van der Waals surface area contributed by atoms with E-state index in [-0.39, 0.29) is 6.42 Å². The second kappa shape index (κ2) is 6.99. The van der Waals surface area contributed by atoms with E-state index in [9.17, 15) is 9.59 Å². The second-order valence-corrected chi connectivity index (χ2v) is 4.12. The zero-order valence-electron chi connectivity index (χ0n) is 11.1. The van der Waals surface area contributed by atoms with Crippen molar-refractivity contribution in [2.45, 2.75) is 19.4 Å². The number of ether oxygens (including phenoxy) is 1. The van der Waals surface area contributed by atoms with Gasteiger partial charge < -0.3 is 20.5 Å². The number of nitriles is 1. The molecule has 1 aromatic rings. The number of urea groups is 1. The molecule has 0 aliphatic rings. The van der Waals surface area contributed by atoms with E-state index in [1.807, 2.05) is 6.07 Å². The van der Waals surface area contributed by atoms with E-state index in [2.05, 4.69) is 10.6 Å². The van der Waals surface area contributed by atoms with Crippen molar-refractivity contribution in [3.63, 3.8) is 0 Å². The molecule has 0 bridgehead atoms. The number of benzene rings is 1. The Bertz CT molecular complexity index is 551. The van der Waals surface area contributed by atoms with Crippen molar-refractivity contribution in [2.75, 3.05) is 12.4 Å². The zero-order valence-corrected chi connectivity index (χ0v) is 11.1. The zero-order chi connectivity index (χ0) is 15.1. The number of hydrogen-bond donors (Lipinski definition) is 3. The van der Waals surface area contributed by atoms with Crippen LogP contribution in [0.5, 0.6) is 5.75 Å².